The number of carbonyl (C=O) groups is 4. The third-order valence-electron chi connectivity index (χ3n) is 7.01. The van der Waals surface area contributed by atoms with Crippen LogP contribution >= 0.6 is 0 Å². The number of esters is 4. The normalized spacial score (nSPS) is 31.1. The van der Waals surface area contributed by atoms with Crippen LogP contribution in [-0.2, 0) is 47.6 Å². The Balaban J connectivity index is 2.09. The van der Waals surface area contributed by atoms with Gasteiger partial charge in [-0.3, -0.25) is 19.2 Å². The van der Waals surface area contributed by atoms with Crippen molar-refractivity contribution in [3.63, 3.8) is 0 Å². The van der Waals surface area contributed by atoms with Crippen LogP contribution in [0.5, 0.6) is 0 Å². The molecule has 3 rings (SSSR count). The highest BCUT2D eigenvalue weighted by atomic mass is 16.7. The molecule has 0 aromatic heterocycles. The average molecular weight is 551 g/mol. The van der Waals surface area contributed by atoms with Gasteiger partial charge in [-0.25, -0.2) is 0 Å². The number of aliphatic hydroxyl groups is 1. The van der Waals surface area contributed by atoms with E-state index in [-0.39, 0.29) is 13.0 Å². The maximum Gasteiger partial charge on any atom is 0.305 e. The fourth-order valence-corrected chi connectivity index (χ4v) is 5.46. The molecule has 216 valence electrons. The van der Waals surface area contributed by atoms with Gasteiger partial charge < -0.3 is 33.5 Å². The molecule has 0 spiro atoms. The Kier molecular flexibility index (Phi) is 9.60. The first-order valence-corrected chi connectivity index (χ1v) is 12.9. The number of hydrogen-bond donors (Lipinski definition) is 1. The minimum absolute atomic E-state index is 0.0436. The number of ether oxygens (including phenoxy) is 6. The molecule has 11 heteroatoms. The van der Waals surface area contributed by atoms with Gasteiger partial charge in [0, 0.05) is 39.2 Å². The maximum atomic E-state index is 12.2. The van der Waals surface area contributed by atoms with Crippen molar-refractivity contribution in [1.29, 1.82) is 0 Å². The first kappa shape index (κ1) is 30.4. The van der Waals surface area contributed by atoms with E-state index >= 15 is 0 Å². The van der Waals surface area contributed by atoms with Crippen LogP contribution in [0.25, 0.3) is 0 Å². The van der Waals surface area contributed by atoms with Gasteiger partial charge in [0.15, 0.2) is 12.2 Å². The zero-order chi connectivity index (χ0) is 29.1. The second-order valence-corrected chi connectivity index (χ2v) is 10.6. The Morgan fingerprint density at radius 3 is 2.31 bits per heavy atom. The van der Waals surface area contributed by atoms with Crippen LogP contribution in [-0.4, -0.2) is 71.9 Å². The third-order valence-corrected chi connectivity index (χ3v) is 7.01. The average Bonchev–Trinajstić information content (AvgIpc) is 3.52. The number of rotatable bonds is 8. The molecule has 1 saturated carbocycles. The van der Waals surface area contributed by atoms with E-state index < -0.39 is 72.0 Å². The van der Waals surface area contributed by atoms with Crippen LogP contribution in [0.1, 0.15) is 60.8 Å². The summed E-state index contributed by atoms with van der Waals surface area (Å²) >= 11 is 0. The van der Waals surface area contributed by atoms with Crippen molar-refractivity contribution in [1.82, 2.24) is 0 Å². The van der Waals surface area contributed by atoms with Crippen LogP contribution in [0, 0.1) is 11.8 Å². The molecular formula is C28H38O11. The van der Waals surface area contributed by atoms with E-state index in [1.165, 1.54) is 34.0 Å². The molecular weight excluding hydrogens is 512 g/mol. The summed E-state index contributed by atoms with van der Waals surface area (Å²) in [4.78, 5) is 47.8. The molecule has 3 aliphatic rings. The highest BCUT2D eigenvalue weighted by Gasteiger charge is 2.62. The minimum atomic E-state index is -1.06. The number of aliphatic hydroxyl groups excluding tert-OH is 1. The maximum absolute atomic E-state index is 12.2. The molecule has 2 heterocycles. The summed E-state index contributed by atoms with van der Waals surface area (Å²) in [6.45, 7) is 12.8. The Bertz CT molecular complexity index is 1060. The van der Waals surface area contributed by atoms with Gasteiger partial charge in [0.2, 0.25) is 6.29 Å². The third kappa shape index (κ3) is 7.48. The summed E-state index contributed by atoms with van der Waals surface area (Å²) in [5.41, 5.74) is 0.935. The highest BCUT2D eigenvalue weighted by molar-refractivity contribution is 5.68. The quantitative estimate of drug-likeness (QED) is 0.206. The van der Waals surface area contributed by atoms with Crippen molar-refractivity contribution < 1.29 is 52.7 Å². The Hall–Kier alpha value is -3.18. The molecule has 0 amide bonds. The Morgan fingerprint density at radius 1 is 1.08 bits per heavy atom. The van der Waals surface area contributed by atoms with Gasteiger partial charge >= 0.3 is 23.9 Å². The van der Waals surface area contributed by atoms with Gasteiger partial charge in [-0.2, -0.15) is 0 Å². The van der Waals surface area contributed by atoms with Crippen LogP contribution < -0.4 is 0 Å². The van der Waals surface area contributed by atoms with E-state index in [9.17, 15) is 24.3 Å². The molecule has 0 aromatic carbocycles. The summed E-state index contributed by atoms with van der Waals surface area (Å²) < 4.78 is 33.8. The summed E-state index contributed by atoms with van der Waals surface area (Å²) in [6, 6.07) is 0. The number of carbonyl (C=O) groups excluding carboxylic acids is 4. The second kappa shape index (κ2) is 12.3. The van der Waals surface area contributed by atoms with E-state index in [2.05, 4.69) is 6.58 Å². The van der Waals surface area contributed by atoms with E-state index in [1.54, 1.807) is 6.08 Å². The number of allylic oxidation sites excluding steroid dienone is 1. The van der Waals surface area contributed by atoms with Gasteiger partial charge in [-0.1, -0.05) is 17.7 Å². The minimum Gasteiger partial charge on any atom is -0.463 e. The van der Waals surface area contributed by atoms with Crippen molar-refractivity contribution in [3.8, 4) is 0 Å². The van der Waals surface area contributed by atoms with Crippen molar-refractivity contribution in [2.45, 2.75) is 97.1 Å². The molecule has 0 aromatic rings. The molecule has 1 aliphatic carbocycles. The van der Waals surface area contributed by atoms with E-state index in [1.807, 2.05) is 13.8 Å². The Labute approximate surface area is 228 Å². The van der Waals surface area contributed by atoms with Gasteiger partial charge in [-0.05, 0) is 39.2 Å². The lowest BCUT2D eigenvalue weighted by Gasteiger charge is -2.41. The number of hydrogen-bond acceptors (Lipinski definition) is 11. The topological polar surface area (TPSA) is 147 Å². The molecule has 11 nitrogen and oxygen atoms in total. The summed E-state index contributed by atoms with van der Waals surface area (Å²) in [5, 5.41) is 11.0. The Morgan fingerprint density at radius 2 is 1.74 bits per heavy atom. The fourth-order valence-electron chi connectivity index (χ4n) is 5.46. The van der Waals surface area contributed by atoms with E-state index in [4.69, 9.17) is 28.4 Å². The zero-order valence-electron chi connectivity index (χ0n) is 23.3. The fraction of sp³-hybridized carbons (Fsp3) is 0.643. The summed E-state index contributed by atoms with van der Waals surface area (Å²) in [5.74, 6) is -3.34. The molecule has 8 unspecified atom stereocenters. The predicted molar refractivity (Wildman–Crippen MR) is 135 cm³/mol. The molecule has 0 bridgehead atoms. The standard InChI is InChI=1S/C28H38O11/c1-14(2)10-23(36-17(5)30)25(37-18(6)31)21-12-34-27(38-19(7)32)24-15(3)11-22(33)26-28(39-26,9-8-20(21)24)13-35-16(4)29/h10,12,20,22-27,33H,3,8-9,11,13H2,1-2,4-7H3. The number of epoxide rings is 1. The molecule has 0 radical (unpaired) electrons. The predicted octanol–water partition coefficient (Wildman–Crippen LogP) is 2.65. The lowest BCUT2D eigenvalue weighted by atomic mass is 9.73. The lowest BCUT2D eigenvalue weighted by molar-refractivity contribution is -0.183. The van der Waals surface area contributed by atoms with Crippen LogP contribution in [0.15, 0.2) is 35.6 Å². The highest BCUT2D eigenvalue weighted by Crippen LogP contribution is 2.51. The van der Waals surface area contributed by atoms with E-state index in [0.717, 1.165) is 5.57 Å². The smallest absolute Gasteiger partial charge is 0.305 e. The zero-order valence-corrected chi connectivity index (χ0v) is 23.3. The molecule has 2 fully saturated rings. The molecule has 1 saturated heterocycles. The second-order valence-electron chi connectivity index (χ2n) is 10.6. The molecule has 8 atom stereocenters. The van der Waals surface area contributed by atoms with Crippen molar-refractivity contribution in [3.05, 3.63) is 35.6 Å². The summed E-state index contributed by atoms with van der Waals surface area (Å²) in [6.07, 6.45) is -0.738. The first-order chi connectivity index (χ1) is 18.2. The monoisotopic (exact) mass is 550 g/mol. The van der Waals surface area contributed by atoms with Crippen LogP contribution in [0.2, 0.25) is 0 Å². The van der Waals surface area contributed by atoms with Crippen molar-refractivity contribution >= 4 is 23.9 Å². The van der Waals surface area contributed by atoms with Crippen LogP contribution in [0.3, 0.4) is 0 Å². The van der Waals surface area contributed by atoms with Gasteiger partial charge in [0.1, 0.15) is 18.3 Å². The molecule has 39 heavy (non-hydrogen) atoms. The van der Waals surface area contributed by atoms with Gasteiger partial charge in [0.25, 0.3) is 0 Å². The summed E-state index contributed by atoms with van der Waals surface area (Å²) in [7, 11) is 0. The lowest BCUT2D eigenvalue weighted by Crippen LogP contribution is -2.45. The van der Waals surface area contributed by atoms with E-state index in [0.29, 0.717) is 24.0 Å². The van der Waals surface area contributed by atoms with Gasteiger partial charge in [0.05, 0.1) is 18.3 Å². The van der Waals surface area contributed by atoms with Gasteiger partial charge in [-0.15, -0.1) is 0 Å². The van der Waals surface area contributed by atoms with Crippen LogP contribution in [0.4, 0.5) is 0 Å². The molecule has 2 aliphatic heterocycles. The number of fused-ring (bicyclic) bond motifs is 2. The first-order valence-electron chi connectivity index (χ1n) is 12.9. The van der Waals surface area contributed by atoms with Crippen molar-refractivity contribution in [2.75, 3.05) is 6.61 Å². The molecule has 1 N–H and O–H groups in total. The largest absolute Gasteiger partial charge is 0.463 e. The SMILES string of the molecule is C=C1CC(O)C2OC2(COC(C)=O)CCC2C(C(OC(C)=O)C(C=C(C)C)OC(C)=O)=COC(OC(C)=O)C12. The van der Waals surface area contributed by atoms with Crippen molar-refractivity contribution in [2.24, 2.45) is 11.8 Å².